The molecule has 0 aromatic heterocycles. The molecule has 0 heteroatoms. The van der Waals surface area contributed by atoms with Crippen LogP contribution in [0.15, 0.2) is 0 Å². The predicted molar refractivity (Wildman–Crippen MR) is 27.3 cm³/mol. The Morgan fingerprint density at radius 2 is 1.20 bits per heavy atom. The third-order valence-corrected chi connectivity index (χ3v) is 0.500. The molecule has 5 heavy (non-hydrogen) atoms. The highest BCUT2D eigenvalue weighted by Gasteiger charge is 1.56. The standard InChI is InChI=1S/C4H10.CH4/c1-3-4-2;/h3-4H2,1-2H3;1H4. The van der Waals surface area contributed by atoms with Gasteiger partial charge in [-0.3, -0.25) is 0 Å². The second kappa shape index (κ2) is 9.00. The molecule has 0 radical (unpaired) electrons. The molecule has 34 valence electrons. The van der Waals surface area contributed by atoms with Gasteiger partial charge in [0.1, 0.15) is 0 Å². The Kier molecular flexibility index (Phi) is 16.0. The summed E-state index contributed by atoms with van der Waals surface area (Å²) in [6, 6.07) is 0. The van der Waals surface area contributed by atoms with Gasteiger partial charge in [-0.2, -0.15) is 0 Å². The average Bonchev–Trinajstić information content (AvgIpc) is 1.37. The highest BCUT2D eigenvalue weighted by atomic mass is 13.6. The van der Waals surface area contributed by atoms with E-state index in [9.17, 15) is 0 Å². The molecule has 0 saturated heterocycles. The second-order valence-corrected chi connectivity index (χ2v) is 1.000. The van der Waals surface area contributed by atoms with Crippen molar-refractivity contribution in [2.45, 2.75) is 34.1 Å². The first-order chi connectivity index (χ1) is 1.91. The van der Waals surface area contributed by atoms with Gasteiger partial charge in [0.25, 0.3) is 0 Å². The maximum Gasteiger partial charge on any atom is -0.0564 e. The van der Waals surface area contributed by atoms with Crippen LogP contribution in [-0.2, 0) is 0 Å². The van der Waals surface area contributed by atoms with Gasteiger partial charge >= 0.3 is 0 Å². The summed E-state index contributed by atoms with van der Waals surface area (Å²) in [7, 11) is 0. The Morgan fingerprint density at radius 1 is 1.00 bits per heavy atom. The summed E-state index contributed by atoms with van der Waals surface area (Å²) in [5.41, 5.74) is 0. The number of hydrogen-bond acceptors (Lipinski definition) is 0. The summed E-state index contributed by atoms with van der Waals surface area (Å²) < 4.78 is 0. The highest BCUT2D eigenvalue weighted by molar-refractivity contribution is 4.12. The quantitative estimate of drug-likeness (QED) is 0.448. The molecule has 0 aromatic carbocycles. The molecule has 0 aromatic rings. The molecular weight excluding hydrogens is 60.1 g/mol. The van der Waals surface area contributed by atoms with Crippen LogP contribution in [-0.4, -0.2) is 0 Å². The van der Waals surface area contributed by atoms with E-state index in [0.29, 0.717) is 0 Å². The van der Waals surface area contributed by atoms with Crippen molar-refractivity contribution in [1.82, 2.24) is 0 Å². The Labute approximate surface area is 35.2 Å². The minimum absolute atomic E-state index is 0. The zero-order chi connectivity index (χ0) is 3.41. The number of rotatable bonds is 1. The predicted octanol–water partition coefficient (Wildman–Crippen LogP) is 2.44. The van der Waals surface area contributed by atoms with Gasteiger partial charge < -0.3 is 0 Å². The largest absolute Gasteiger partial charge is 0.0776 e. The lowest BCUT2D eigenvalue weighted by molar-refractivity contribution is 0.886. The molecule has 0 nitrogen and oxygen atoms in total. The lowest BCUT2D eigenvalue weighted by atomic mass is 10.4. The molecule has 0 aliphatic rings. The van der Waals surface area contributed by atoms with Crippen molar-refractivity contribution in [3.8, 4) is 0 Å². The normalized spacial score (nSPS) is 6.00. The van der Waals surface area contributed by atoms with Crippen molar-refractivity contribution in [2.24, 2.45) is 0 Å². The van der Waals surface area contributed by atoms with Crippen LogP contribution in [0.3, 0.4) is 0 Å². The molecule has 0 rings (SSSR count). The minimum Gasteiger partial charge on any atom is -0.0776 e. The lowest BCUT2D eigenvalue weighted by Crippen LogP contribution is -1.47. The molecule has 0 saturated carbocycles. The first-order valence-electron chi connectivity index (χ1n) is 1.91. The van der Waals surface area contributed by atoms with Crippen LogP contribution < -0.4 is 0 Å². The summed E-state index contributed by atoms with van der Waals surface area (Å²) in [6.45, 7) is 4.36. The molecule has 0 bridgehead atoms. The maximum absolute atomic E-state index is 2.18. The van der Waals surface area contributed by atoms with Crippen molar-refractivity contribution in [1.29, 1.82) is 0 Å². The zero-order valence-electron chi connectivity index (χ0n) is 3.41. The summed E-state index contributed by atoms with van der Waals surface area (Å²) in [4.78, 5) is 0. The van der Waals surface area contributed by atoms with E-state index in [1.54, 1.807) is 0 Å². The highest BCUT2D eigenvalue weighted by Crippen LogP contribution is 1.76. The van der Waals surface area contributed by atoms with Gasteiger partial charge in [-0.15, -0.1) is 0 Å². The van der Waals surface area contributed by atoms with Crippen molar-refractivity contribution in [3.05, 3.63) is 0 Å². The molecule has 0 amide bonds. The fourth-order valence-electron chi connectivity index (χ4n) is 0. The van der Waals surface area contributed by atoms with E-state index in [1.165, 1.54) is 12.8 Å². The van der Waals surface area contributed by atoms with E-state index >= 15 is 0 Å². The van der Waals surface area contributed by atoms with Crippen molar-refractivity contribution >= 4 is 0 Å². The Bertz CT molecular complexity index is 2.00. The molecule has 0 heterocycles. The van der Waals surface area contributed by atoms with Crippen LogP contribution in [0.4, 0.5) is 0 Å². The van der Waals surface area contributed by atoms with E-state index in [4.69, 9.17) is 0 Å². The van der Waals surface area contributed by atoms with Gasteiger partial charge in [-0.25, -0.2) is 0 Å². The van der Waals surface area contributed by atoms with E-state index in [0.717, 1.165) is 0 Å². The van der Waals surface area contributed by atoms with Gasteiger partial charge in [0.15, 0.2) is 0 Å². The third kappa shape index (κ3) is 16.0. The Balaban J connectivity index is 0. The minimum atomic E-state index is 0. The first kappa shape index (κ1) is 8.89. The van der Waals surface area contributed by atoms with Gasteiger partial charge in [0, 0.05) is 0 Å². The molecule has 0 spiro atoms. The Morgan fingerprint density at radius 3 is 1.20 bits per heavy atom. The van der Waals surface area contributed by atoms with Gasteiger partial charge in [0.2, 0.25) is 0 Å². The number of unbranched alkanes of at least 4 members (excludes halogenated alkanes) is 1. The lowest BCUT2D eigenvalue weighted by Gasteiger charge is -1.68. The molecule has 0 aliphatic heterocycles. The summed E-state index contributed by atoms with van der Waals surface area (Å²) >= 11 is 0. The molecule has 0 atom stereocenters. The van der Waals surface area contributed by atoms with Gasteiger partial charge in [-0.1, -0.05) is 34.1 Å². The van der Waals surface area contributed by atoms with Crippen molar-refractivity contribution < 1.29 is 0 Å². The molecule has 0 fully saturated rings. The molecule has 0 N–H and O–H groups in total. The fourth-order valence-corrected chi connectivity index (χ4v) is 0. The topological polar surface area (TPSA) is 0 Å². The van der Waals surface area contributed by atoms with Crippen molar-refractivity contribution in [3.63, 3.8) is 0 Å². The van der Waals surface area contributed by atoms with Crippen LogP contribution >= 0.6 is 0 Å². The van der Waals surface area contributed by atoms with Crippen LogP contribution in [0.5, 0.6) is 0 Å². The zero-order valence-corrected chi connectivity index (χ0v) is 3.41. The molecule has 0 unspecified atom stereocenters. The Hall–Kier alpha value is 0. The summed E-state index contributed by atoms with van der Waals surface area (Å²) in [5, 5.41) is 0. The SMILES string of the molecule is C.CCCC. The summed E-state index contributed by atoms with van der Waals surface area (Å²) in [6.07, 6.45) is 2.64. The maximum atomic E-state index is 2.18. The number of hydrogen-bond donors (Lipinski definition) is 0. The average molecular weight is 74.2 g/mol. The smallest absolute Gasteiger partial charge is 0.0564 e. The van der Waals surface area contributed by atoms with Crippen LogP contribution in [0.2, 0.25) is 0 Å². The van der Waals surface area contributed by atoms with E-state index in [2.05, 4.69) is 13.8 Å². The van der Waals surface area contributed by atoms with Crippen LogP contribution in [0.25, 0.3) is 0 Å². The first-order valence-corrected chi connectivity index (χ1v) is 1.91. The molecule has 0 aliphatic carbocycles. The van der Waals surface area contributed by atoms with Crippen molar-refractivity contribution in [2.75, 3.05) is 0 Å². The van der Waals surface area contributed by atoms with Gasteiger partial charge in [0.05, 0.1) is 0 Å². The van der Waals surface area contributed by atoms with E-state index in [-0.39, 0.29) is 7.43 Å². The summed E-state index contributed by atoms with van der Waals surface area (Å²) in [5.74, 6) is 0. The van der Waals surface area contributed by atoms with Gasteiger partial charge in [-0.05, 0) is 0 Å². The van der Waals surface area contributed by atoms with Crippen LogP contribution in [0, 0.1) is 0 Å². The van der Waals surface area contributed by atoms with E-state index < -0.39 is 0 Å². The molecular formula is C5H14. The second-order valence-electron chi connectivity index (χ2n) is 1.000. The van der Waals surface area contributed by atoms with E-state index in [1.807, 2.05) is 0 Å². The third-order valence-electron chi connectivity index (χ3n) is 0.500. The fraction of sp³-hybridized carbons (Fsp3) is 1.00. The van der Waals surface area contributed by atoms with Crippen LogP contribution in [0.1, 0.15) is 34.1 Å². The monoisotopic (exact) mass is 74.1 g/mol.